The Labute approximate surface area is 121 Å². The maximum Gasteiger partial charge on any atom is 0.0667 e. The molecule has 0 aromatic heterocycles. The van der Waals surface area contributed by atoms with Gasteiger partial charge in [-0.1, -0.05) is 72.1 Å². The van der Waals surface area contributed by atoms with Crippen LogP contribution in [0, 0.1) is 5.92 Å². The molecule has 116 valence electrons. The summed E-state index contributed by atoms with van der Waals surface area (Å²) in [5.41, 5.74) is 0. The molecule has 2 atom stereocenters. The van der Waals surface area contributed by atoms with Crippen LogP contribution in [0.15, 0.2) is 0 Å². The van der Waals surface area contributed by atoms with Gasteiger partial charge in [0.25, 0.3) is 0 Å². The van der Waals surface area contributed by atoms with Gasteiger partial charge in [0, 0.05) is 6.54 Å². The van der Waals surface area contributed by atoms with E-state index in [-0.39, 0.29) is 6.10 Å². The number of hydrogen-bond donors (Lipinski definition) is 2. The molecule has 0 aliphatic heterocycles. The highest BCUT2D eigenvalue weighted by Gasteiger charge is 2.07. The largest absolute Gasteiger partial charge is 0.392 e. The Balaban J connectivity index is 3.13. The summed E-state index contributed by atoms with van der Waals surface area (Å²) < 4.78 is 0. The molecule has 2 nitrogen and oxygen atoms in total. The van der Waals surface area contributed by atoms with Gasteiger partial charge in [-0.2, -0.15) is 0 Å². The standard InChI is InChI=1S/C17H37NO/c1-4-6-7-8-9-10-11-12-13-18-15-17(19)14-16(3)5-2/h16-19H,4-15H2,1-3H3. The van der Waals surface area contributed by atoms with Gasteiger partial charge in [-0.05, 0) is 25.3 Å². The van der Waals surface area contributed by atoms with Crippen LogP contribution in [0.3, 0.4) is 0 Å². The van der Waals surface area contributed by atoms with Gasteiger partial charge < -0.3 is 10.4 Å². The van der Waals surface area contributed by atoms with Gasteiger partial charge >= 0.3 is 0 Å². The summed E-state index contributed by atoms with van der Waals surface area (Å²) >= 11 is 0. The second-order valence-electron chi connectivity index (χ2n) is 6.08. The summed E-state index contributed by atoms with van der Waals surface area (Å²) in [6.45, 7) is 8.49. The molecule has 0 spiro atoms. The molecule has 2 unspecified atom stereocenters. The second-order valence-corrected chi connectivity index (χ2v) is 6.08. The summed E-state index contributed by atoms with van der Waals surface area (Å²) in [6.07, 6.45) is 12.9. The fourth-order valence-electron chi connectivity index (χ4n) is 2.37. The van der Waals surface area contributed by atoms with Crippen molar-refractivity contribution in [3.05, 3.63) is 0 Å². The minimum absolute atomic E-state index is 0.163. The fourth-order valence-corrected chi connectivity index (χ4v) is 2.37. The van der Waals surface area contributed by atoms with Crippen LogP contribution < -0.4 is 5.32 Å². The maximum absolute atomic E-state index is 9.81. The highest BCUT2D eigenvalue weighted by molar-refractivity contribution is 4.63. The number of unbranched alkanes of at least 4 members (excludes halogenated alkanes) is 7. The predicted molar refractivity (Wildman–Crippen MR) is 85.6 cm³/mol. The molecule has 2 heteroatoms. The van der Waals surface area contributed by atoms with Crippen LogP contribution in [0.4, 0.5) is 0 Å². The van der Waals surface area contributed by atoms with Gasteiger partial charge in [0.15, 0.2) is 0 Å². The van der Waals surface area contributed by atoms with E-state index in [1.165, 1.54) is 51.4 Å². The quantitative estimate of drug-likeness (QED) is 0.455. The minimum Gasteiger partial charge on any atom is -0.392 e. The van der Waals surface area contributed by atoms with Gasteiger partial charge in [-0.3, -0.25) is 0 Å². The van der Waals surface area contributed by atoms with Crippen LogP contribution in [0.1, 0.15) is 85.0 Å². The molecule has 0 radical (unpaired) electrons. The Bertz CT molecular complexity index is 173. The van der Waals surface area contributed by atoms with Crippen molar-refractivity contribution in [2.45, 2.75) is 91.1 Å². The highest BCUT2D eigenvalue weighted by Crippen LogP contribution is 2.09. The summed E-state index contributed by atoms with van der Waals surface area (Å²) in [4.78, 5) is 0. The second kappa shape index (κ2) is 14.3. The van der Waals surface area contributed by atoms with Crippen molar-refractivity contribution >= 4 is 0 Å². The zero-order chi connectivity index (χ0) is 14.3. The van der Waals surface area contributed by atoms with Crippen molar-refractivity contribution < 1.29 is 5.11 Å². The molecule has 0 saturated carbocycles. The molecule has 0 aromatic carbocycles. The lowest BCUT2D eigenvalue weighted by Crippen LogP contribution is -2.28. The van der Waals surface area contributed by atoms with Gasteiger partial charge in [0.2, 0.25) is 0 Å². The number of nitrogens with one attached hydrogen (secondary N) is 1. The van der Waals surface area contributed by atoms with E-state index in [9.17, 15) is 5.11 Å². The lowest BCUT2D eigenvalue weighted by Gasteiger charge is -2.15. The molecular weight excluding hydrogens is 234 g/mol. The molecular formula is C17H37NO. The Hall–Kier alpha value is -0.0800. The third kappa shape index (κ3) is 14.1. The summed E-state index contributed by atoms with van der Waals surface area (Å²) in [5.74, 6) is 0.639. The number of rotatable bonds is 14. The summed E-state index contributed by atoms with van der Waals surface area (Å²) in [5, 5.41) is 13.2. The normalized spacial score (nSPS) is 14.5. The molecule has 0 bridgehead atoms. The van der Waals surface area contributed by atoms with Crippen LogP contribution in [0.25, 0.3) is 0 Å². The lowest BCUT2D eigenvalue weighted by molar-refractivity contribution is 0.142. The molecule has 0 aromatic rings. The van der Waals surface area contributed by atoms with Gasteiger partial charge in [0.1, 0.15) is 0 Å². The van der Waals surface area contributed by atoms with Gasteiger partial charge in [-0.25, -0.2) is 0 Å². The predicted octanol–water partition coefficient (Wildman–Crippen LogP) is 4.51. The summed E-state index contributed by atoms with van der Waals surface area (Å²) in [7, 11) is 0. The molecule has 0 aliphatic carbocycles. The van der Waals surface area contributed by atoms with E-state index in [4.69, 9.17) is 0 Å². The van der Waals surface area contributed by atoms with E-state index in [1.807, 2.05) is 0 Å². The van der Waals surface area contributed by atoms with Crippen molar-refractivity contribution in [1.29, 1.82) is 0 Å². The number of aliphatic hydroxyl groups excluding tert-OH is 1. The lowest BCUT2D eigenvalue weighted by atomic mass is 10.0. The SMILES string of the molecule is CCCCCCCCCCNCC(O)CC(C)CC. The Morgan fingerprint density at radius 3 is 2.05 bits per heavy atom. The molecule has 0 rings (SSSR count). The van der Waals surface area contributed by atoms with E-state index < -0.39 is 0 Å². The van der Waals surface area contributed by atoms with Crippen molar-refractivity contribution in [3.63, 3.8) is 0 Å². The molecule has 0 aliphatic rings. The van der Waals surface area contributed by atoms with Gasteiger partial charge in [-0.15, -0.1) is 0 Å². The smallest absolute Gasteiger partial charge is 0.0667 e. The highest BCUT2D eigenvalue weighted by atomic mass is 16.3. The van der Waals surface area contributed by atoms with Crippen LogP contribution in [0.5, 0.6) is 0 Å². The molecule has 19 heavy (non-hydrogen) atoms. The van der Waals surface area contributed by atoms with E-state index in [0.29, 0.717) is 5.92 Å². The van der Waals surface area contributed by atoms with Crippen LogP contribution in [-0.2, 0) is 0 Å². The Kier molecular flexibility index (Phi) is 14.3. The van der Waals surface area contributed by atoms with Crippen molar-refractivity contribution in [2.24, 2.45) is 5.92 Å². The molecule has 0 heterocycles. The average molecular weight is 271 g/mol. The van der Waals surface area contributed by atoms with Gasteiger partial charge in [0.05, 0.1) is 6.10 Å². The fraction of sp³-hybridized carbons (Fsp3) is 1.00. The topological polar surface area (TPSA) is 32.3 Å². The molecule has 0 saturated heterocycles. The minimum atomic E-state index is -0.163. The number of aliphatic hydroxyl groups is 1. The molecule has 0 amide bonds. The molecule has 2 N–H and O–H groups in total. The first-order valence-electron chi connectivity index (χ1n) is 8.59. The third-order valence-corrected chi connectivity index (χ3v) is 3.96. The zero-order valence-corrected chi connectivity index (χ0v) is 13.6. The first kappa shape index (κ1) is 18.9. The monoisotopic (exact) mass is 271 g/mol. The first-order valence-corrected chi connectivity index (χ1v) is 8.59. The third-order valence-electron chi connectivity index (χ3n) is 3.96. The van der Waals surface area contributed by atoms with Crippen molar-refractivity contribution in [3.8, 4) is 0 Å². The Morgan fingerprint density at radius 1 is 0.895 bits per heavy atom. The van der Waals surface area contributed by atoms with Crippen LogP contribution >= 0.6 is 0 Å². The van der Waals surface area contributed by atoms with Crippen LogP contribution in [-0.4, -0.2) is 24.3 Å². The maximum atomic E-state index is 9.81. The van der Waals surface area contributed by atoms with E-state index >= 15 is 0 Å². The van der Waals surface area contributed by atoms with E-state index in [1.54, 1.807) is 0 Å². The zero-order valence-electron chi connectivity index (χ0n) is 13.6. The molecule has 0 fully saturated rings. The van der Waals surface area contributed by atoms with Crippen LogP contribution in [0.2, 0.25) is 0 Å². The average Bonchev–Trinajstić information content (AvgIpc) is 2.40. The van der Waals surface area contributed by atoms with Crippen molar-refractivity contribution in [2.75, 3.05) is 13.1 Å². The number of hydrogen-bond acceptors (Lipinski definition) is 2. The van der Waals surface area contributed by atoms with E-state index in [2.05, 4.69) is 26.1 Å². The van der Waals surface area contributed by atoms with Crippen molar-refractivity contribution in [1.82, 2.24) is 5.32 Å². The Morgan fingerprint density at radius 2 is 1.47 bits per heavy atom. The first-order chi connectivity index (χ1) is 9.20. The summed E-state index contributed by atoms with van der Waals surface area (Å²) in [6, 6.07) is 0. The van der Waals surface area contributed by atoms with E-state index in [0.717, 1.165) is 25.9 Å².